The highest BCUT2D eigenvalue weighted by molar-refractivity contribution is 6.30. The van der Waals surface area contributed by atoms with Gasteiger partial charge in [-0.3, -0.25) is 4.79 Å². The highest BCUT2D eigenvalue weighted by Crippen LogP contribution is 2.40. The summed E-state index contributed by atoms with van der Waals surface area (Å²) in [6, 6.07) is 13.7. The fourth-order valence-electron chi connectivity index (χ4n) is 4.02. The molecule has 1 saturated heterocycles. The van der Waals surface area contributed by atoms with Crippen LogP contribution in [-0.4, -0.2) is 36.0 Å². The standard InChI is InChI=1S/C23H26Cl2N2O3/c1-14(2)26-21(15-7-9-17(24)10-8-15)22(16-5-4-6-18(25)13-16)27-19(23(29)30-3)11-12-20(27)28/h4-10,13-14,19,21-22,26H,11-12H2,1-3H3/t19-,21?,22?/m0/s1. The Bertz CT molecular complexity index is 902. The third kappa shape index (κ3) is 4.97. The maximum absolute atomic E-state index is 13.0. The van der Waals surface area contributed by atoms with Crippen LogP contribution in [0.2, 0.25) is 10.0 Å². The van der Waals surface area contributed by atoms with Gasteiger partial charge in [0.15, 0.2) is 0 Å². The zero-order valence-electron chi connectivity index (χ0n) is 17.3. The summed E-state index contributed by atoms with van der Waals surface area (Å²) in [4.78, 5) is 27.2. The Kier molecular flexibility index (Phi) is 7.40. The number of benzene rings is 2. The lowest BCUT2D eigenvalue weighted by Crippen LogP contribution is -2.47. The molecule has 0 aromatic heterocycles. The van der Waals surface area contributed by atoms with Gasteiger partial charge >= 0.3 is 5.97 Å². The van der Waals surface area contributed by atoms with Crippen molar-refractivity contribution in [2.75, 3.05) is 7.11 Å². The first-order valence-corrected chi connectivity index (χ1v) is 10.7. The molecule has 0 bridgehead atoms. The molecule has 2 aromatic rings. The van der Waals surface area contributed by atoms with Crippen LogP contribution in [0, 0.1) is 0 Å². The number of amides is 1. The maximum atomic E-state index is 13.0. The molecule has 1 aliphatic rings. The summed E-state index contributed by atoms with van der Waals surface area (Å²) in [7, 11) is 1.35. The minimum Gasteiger partial charge on any atom is -0.467 e. The zero-order chi connectivity index (χ0) is 21.8. The average molecular weight is 449 g/mol. The smallest absolute Gasteiger partial charge is 0.328 e. The quantitative estimate of drug-likeness (QED) is 0.609. The molecule has 0 saturated carbocycles. The van der Waals surface area contributed by atoms with Gasteiger partial charge in [0, 0.05) is 22.5 Å². The van der Waals surface area contributed by atoms with Crippen LogP contribution in [0.5, 0.6) is 0 Å². The number of methoxy groups -OCH3 is 1. The number of hydrogen-bond acceptors (Lipinski definition) is 4. The van der Waals surface area contributed by atoms with E-state index >= 15 is 0 Å². The Morgan fingerprint density at radius 2 is 1.80 bits per heavy atom. The van der Waals surface area contributed by atoms with Crippen molar-refractivity contribution in [1.29, 1.82) is 0 Å². The fourth-order valence-corrected chi connectivity index (χ4v) is 4.35. The molecule has 0 spiro atoms. The first-order valence-electron chi connectivity index (χ1n) is 9.97. The molecule has 0 aliphatic carbocycles. The van der Waals surface area contributed by atoms with E-state index in [1.165, 1.54) is 7.11 Å². The van der Waals surface area contributed by atoms with Crippen molar-refractivity contribution in [3.05, 3.63) is 69.7 Å². The normalized spacial score (nSPS) is 18.5. The van der Waals surface area contributed by atoms with Gasteiger partial charge in [-0.15, -0.1) is 0 Å². The van der Waals surface area contributed by atoms with E-state index in [2.05, 4.69) is 5.32 Å². The largest absolute Gasteiger partial charge is 0.467 e. The summed E-state index contributed by atoms with van der Waals surface area (Å²) in [6.45, 7) is 4.09. The Morgan fingerprint density at radius 1 is 1.10 bits per heavy atom. The molecule has 30 heavy (non-hydrogen) atoms. The SMILES string of the molecule is COC(=O)[C@@H]1CCC(=O)N1C(c1cccc(Cl)c1)C(NC(C)C)c1ccc(Cl)cc1. The van der Waals surface area contributed by atoms with Gasteiger partial charge in [-0.25, -0.2) is 4.79 Å². The lowest BCUT2D eigenvalue weighted by atomic mass is 9.90. The van der Waals surface area contributed by atoms with Crippen LogP contribution in [0.3, 0.4) is 0 Å². The third-order valence-corrected chi connectivity index (χ3v) is 5.76. The number of nitrogens with one attached hydrogen (secondary N) is 1. The molecule has 1 heterocycles. The van der Waals surface area contributed by atoms with E-state index in [0.717, 1.165) is 11.1 Å². The minimum atomic E-state index is -0.643. The van der Waals surface area contributed by atoms with Gasteiger partial charge in [0.2, 0.25) is 5.91 Å². The first-order chi connectivity index (χ1) is 14.3. The van der Waals surface area contributed by atoms with Gasteiger partial charge in [0.25, 0.3) is 0 Å². The molecule has 3 rings (SSSR count). The number of likely N-dealkylation sites (tertiary alicyclic amines) is 1. The number of carbonyl (C=O) groups is 2. The van der Waals surface area contributed by atoms with Gasteiger partial charge in [-0.2, -0.15) is 0 Å². The number of carbonyl (C=O) groups excluding carboxylic acids is 2. The molecule has 1 fully saturated rings. The molecule has 0 radical (unpaired) electrons. The van der Waals surface area contributed by atoms with Crippen molar-refractivity contribution in [2.24, 2.45) is 0 Å². The van der Waals surface area contributed by atoms with E-state index < -0.39 is 18.1 Å². The van der Waals surface area contributed by atoms with Crippen molar-refractivity contribution < 1.29 is 14.3 Å². The molecule has 1 aliphatic heterocycles. The monoisotopic (exact) mass is 448 g/mol. The number of hydrogen-bond donors (Lipinski definition) is 1. The van der Waals surface area contributed by atoms with Crippen LogP contribution < -0.4 is 5.32 Å². The summed E-state index contributed by atoms with van der Waals surface area (Å²) >= 11 is 12.4. The predicted octanol–water partition coefficient (Wildman–Crippen LogP) is 4.94. The highest BCUT2D eigenvalue weighted by Gasteiger charge is 2.44. The van der Waals surface area contributed by atoms with E-state index in [1.54, 1.807) is 11.0 Å². The van der Waals surface area contributed by atoms with Crippen LogP contribution in [0.25, 0.3) is 0 Å². The molecule has 1 amide bonds. The van der Waals surface area contributed by atoms with Crippen molar-refractivity contribution in [1.82, 2.24) is 10.2 Å². The summed E-state index contributed by atoms with van der Waals surface area (Å²) in [5.41, 5.74) is 1.81. The molecule has 3 atom stereocenters. The van der Waals surface area contributed by atoms with Crippen LogP contribution in [0.15, 0.2) is 48.5 Å². The van der Waals surface area contributed by atoms with Crippen molar-refractivity contribution in [2.45, 2.75) is 50.9 Å². The molecular formula is C23H26Cl2N2O3. The lowest BCUT2D eigenvalue weighted by molar-refractivity contribution is -0.151. The van der Waals surface area contributed by atoms with Gasteiger partial charge in [-0.1, -0.05) is 61.3 Å². The van der Waals surface area contributed by atoms with E-state index in [-0.39, 0.29) is 18.0 Å². The second-order valence-electron chi connectivity index (χ2n) is 7.73. The topological polar surface area (TPSA) is 58.6 Å². The zero-order valence-corrected chi connectivity index (χ0v) is 18.8. The van der Waals surface area contributed by atoms with E-state index in [9.17, 15) is 9.59 Å². The molecule has 1 N–H and O–H groups in total. The molecule has 2 aromatic carbocycles. The molecule has 2 unspecified atom stereocenters. The van der Waals surface area contributed by atoms with Gasteiger partial charge in [-0.05, 0) is 41.8 Å². The predicted molar refractivity (Wildman–Crippen MR) is 119 cm³/mol. The Labute approximate surface area is 187 Å². The summed E-state index contributed by atoms with van der Waals surface area (Å²) in [5, 5.41) is 4.77. The fraction of sp³-hybridized carbons (Fsp3) is 0.391. The number of esters is 1. The number of halogens is 2. The van der Waals surface area contributed by atoms with E-state index in [1.807, 2.05) is 56.3 Å². The van der Waals surface area contributed by atoms with Crippen LogP contribution in [0.1, 0.15) is 49.9 Å². The van der Waals surface area contributed by atoms with Crippen molar-refractivity contribution in [3.8, 4) is 0 Å². The number of nitrogens with zero attached hydrogens (tertiary/aromatic N) is 1. The Balaban J connectivity index is 2.16. The summed E-state index contributed by atoms with van der Waals surface area (Å²) in [5.74, 6) is -0.493. The molecular weight excluding hydrogens is 423 g/mol. The van der Waals surface area contributed by atoms with E-state index in [0.29, 0.717) is 22.9 Å². The lowest BCUT2D eigenvalue weighted by Gasteiger charge is -2.39. The Hall–Kier alpha value is -2.08. The van der Waals surface area contributed by atoms with Gasteiger partial charge in [0.1, 0.15) is 6.04 Å². The van der Waals surface area contributed by atoms with E-state index in [4.69, 9.17) is 27.9 Å². The average Bonchev–Trinajstić information content (AvgIpc) is 3.08. The Morgan fingerprint density at radius 3 is 2.40 bits per heavy atom. The maximum Gasteiger partial charge on any atom is 0.328 e. The second-order valence-corrected chi connectivity index (χ2v) is 8.60. The molecule has 5 nitrogen and oxygen atoms in total. The molecule has 7 heteroatoms. The van der Waals surface area contributed by atoms with Crippen molar-refractivity contribution in [3.63, 3.8) is 0 Å². The van der Waals surface area contributed by atoms with Crippen LogP contribution in [0.4, 0.5) is 0 Å². The summed E-state index contributed by atoms with van der Waals surface area (Å²) in [6.07, 6.45) is 0.726. The third-order valence-electron chi connectivity index (χ3n) is 5.28. The summed E-state index contributed by atoms with van der Waals surface area (Å²) < 4.78 is 5.01. The number of rotatable bonds is 7. The number of ether oxygens (including phenoxy) is 1. The molecule has 160 valence electrons. The van der Waals surface area contributed by atoms with Gasteiger partial charge in [0.05, 0.1) is 19.2 Å². The first kappa shape index (κ1) is 22.6. The van der Waals surface area contributed by atoms with Crippen LogP contribution >= 0.6 is 23.2 Å². The van der Waals surface area contributed by atoms with Gasteiger partial charge < -0.3 is 15.0 Å². The second kappa shape index (κ2) is 9.82. The highest BCUT2D eigenvalue weighted by atomic mass is 35.5. The van der Waals surface area contributed by atoms with Crippen LogP contribution in [-0.2, 0) is 14.3 Å². The van der Waals surface area contributed by atoms with Crippen molar-refractivity contribution >= 4 is 35.1 Å². The minimum absolute atomic E-state index is 0.0834.